The lowest BCUT2D eigenvalue weighted by Crippen LogP contribution is -2.07. The monoisotopic (exact) mass is 355 g/mol. The molecule has 1 heterocycles. The molecular weight excluding hydrogens is 341 g/mol. The van der Waals surface area contributed by atoms with E-state index in [1.54, 1.807) is 18.3 Å². The van der Waals surface area contributed by atoms with Gasteiger partial charge in [-0.25, -0.2) is 9.78 Å². The molecule has 0 spiro atoms. The van der Waals surface area contributed by atoms with Gasteiger partial charge >= 0.3 is 5.97 Å². The predicted molar refractivity (Wildman–Crippen MR) is 87.5 cm³/mol. The van der Waals surface area contributed by atoms with Crippen molar-refractivity contribution in [3.8, 4) is 11.5 Å². The van der Waals surface area contributed by atoms with Gasteiger partial charge in [0.05, 0.1) is 24.3 Å². The van der Waals surface area contributed by atoms with E-state index in [0.717, 1.165) is 0 Å². The van der Waals surface area contributed by atoms with Crippen molar-refractivity contribution in [2.75, 3.05) is 13.7 Å². The SMILES string of the molecule is CCOc1c(Cl)cc(C(=O)OCc2cccnc2Cl)cc1OC. The Bertz CT molecular complexity index is 706. The van der Waals surface area contributed by atoms with Crippen molar-refractivity contribution in [1.82, 2.24) is 4.98 Å². The summed E-state index contributed by atoms with van der Waals surface area (Å²) in [6, 6.07) is 6.44. The molecule has 0 aliphatic carbocycles. The molecule has 0 radical (unpaired) electrons. The van der Waals surface area contributed by atoms with Crippen LogP contribution in [0.1, 0.15) is 22.8 Å². The Morgan fingerprint density at radius 2 is 2.09 bits per heavy atom. The van der Waals surface area contributed by atoms with Crippen molar-refractivity contribution in [2.45, 2.75) is 13.5 Å². The van der Waals surface area contributed by atoms with Gasteiger partial charge in [-0.05, 0) is 25.1 Å². The fourth-order valence-corrected chi connectivity index (χ4v) is 2.31. The molecule has 0 aliphatic heterocycles. The number of nitrogens with zero attached hydrogens (tertiary/aromatic N) is 1. The maximum atomic E-state index is 12.2. The lowest BCUT2D eigenvalue weighted by atomic mass is 10.2. The lowest BCUT2D eigenvalue weighted by molar-refractivity contribution is 0.0472. The minimum atomic E-state index is -0.548. The maximum absolute atomic E-state index is 12.2. The number of carbonyl (C=O) groups excluding carboxylic acids is 1. The van der Waals surface area contributed by atoms with Crippen LogP contribution >= 0.6 is 23.2 Å². The van der Waals surface area contributed by atoms with Gasteiger partial charge < -0.3 is 14.2 Å². The highest BCUT2D eigenvalue weighted by molar-refractivity contribution is 6.32. The summed E-state index contributed by atoms with van der Waals surface area (Å²) in [5.41, 5.74) is 0.877. The summed E-state index contributed by atoms with van der Waals surface area (Å²) >= 11 is 12.1. The van der Waals surface area contributed by atoms with Crippen LogP contribution in [0.2, 0.25) is 10.2 Å². The molecule has 7 heteroatoms. The zero-order chi connectivity index (χ0) is 16.8. The first-order chi connectivity index (χ1) is 11.1. The van der Waals surface area contributed by atoms with Crippen LogP contribution in [0.5, 0.6) is 11.5 Å². The average molecular weight is 356 g/mol. The molecule has 122 valence electrons. The third kappa shape index (κ3) is 4.27. The van der Waals surface area contributed by atoms with E-state index in [0.29, 0.717) is 28.8 Å². The van der Waals surface area contributed by atoms with E-state index in [-0.39, 0.29) is 17.2 Å². The maximum Gasteiger partial charge on any atom is 0.338 e. The van der Waals surface area contributed by atoms with Crippen LogP contribution in [-0.2, 0) is 11.3 Å². The van der Waals surface area contributed by atoms with Crippen molar-refractivity contribution in [3.63, 3.8) is 0 Å². The van der Waals surface area contributed by atoms with Crippen LogP contribution < -0.4 is 9.47 Å². The molecule has 0 saturated heterocycles. The molecule has 1 aromatic heterocycles. The molecule has 0 bridgehead atoms. The number of methoxy groups -OCH3 is 1. The Hall–Kier alpha value is -1.98. The summed E-state index contributed by atoms with van der Waals surface area (Å²) in [5.74, 6) is 0.211. The first-order valence-electron chi connectivity index (χ1n) is 6.83. The zero-order valence-corrected chi connectivity index (χ0v) is 14.1. The van der Waals surface area contributed by atoms with Crippen LogP contribution in [0, 0.1) is 0 Å². The van der Waals surface area contributed by atoms with Gasteiger partial charge in [-0.2, -0.15) is 0 Å². The number of carbonyl (C=O) groups is 1. The van der Waals surface area contributed by atoms with Crippen molar-refractivity contribution >= 4 is 29.2 Å². The molecule has 0 fully saturated rings. The summed E-state index contributed by atoms with van der Waals surface area (Å²) in [6.45, 7) is 2.27. The number of halogens is 2. The minimum Gasteiger partial charge on any atom is -0.493 e. The third-order valence-corrected chi connectivity index (χ3v) is 3.57. The Morgan fingerprint density at radius 3 is 2.74 bits per heavy atom. The molecule has 0 N–H and O–H groups in total. The first-order valence-corrected chi connectivity index (χ1v) is 7.59. The molecule has 23 heavy (non-hydrogen) atoms. The van der Waals surface area contributed by atoms with Crippen LogP contribution in [0.25, 0.3) is 0 Å². The van der Waals surface area contributed by atoms with Gasteiger partial charge in [0.2, 0.25) is 0 Å². The predicted octanol–water partition coefficient (Wildman–Crippen LogP) is 4.15. The van der Waals surface area contributed by atoms with E-state index >= 15 is 0 Å². The molecule has 0 unspecified atom stereocenters. The number of ether oxygens (including phenoxy) is 3. The van der Waals surface area contributed by atoms with Gasteiger partial charge in [0.25, 0.3) is 0 Å². The topological polar surface area (TPSA) is 57.7 Å². The Labute approximate surface area is 144 Å². The van der Waals surface area contributed by atoms with E-state index in [9.17, 15) is 4.79 Å². The highest BCUT2D eigenvalue weighted by Crippen LogP contribution is 2.36. The quantitative estimate of drug-likeness (QED) is 0.575. The van der Waals surface area contributed by atoms with Crippen molar-refractivity contribution in [1.29, 1.82) is 0 Å². The van der Waals surface area contributed by atoms with E-state index in [2.05, 4.69) is 4.98 Å². The normalized spacial score (nSPS) is 10.3. The summed E-state index contributed by atoms with van der Waals surface area (Å²) in [7, 11) is 1.47. The van der Waals surface area contributed by atoms with E-state index < -0.39 is 5.97 Å². The van der Waals surface area contributed by atoms with Gasteiger partial charge in [0, 0.05) is 11.8 Å². The van der Waals surface area contributed by atoms with E-state index in [1.165, 1.54) is 19.2 Å². The molecule has 5 nitrogen and oxygen atoms in total. The van der Waals surface area contributed by atoms with Crippen LogP contribution in [-0.4, -0.2) is 24.7 Å². The van der Waals surface area contributed by atoms with E-state index in [4.69, 9.17) is 37.4 Å². The molecule has 2 aromatic rings. The number of aromatic nitrogens is 1. The first kappa shape index (κ1) is 17.4. The number of pyridine rings is 1. The third-order valence-electron chi connectivity index (χ3n) is 2.95. The van der Waals surface area contributed by atoms with Crippen molar-refractivity contribution in [2.24, 2.45) is 0 Å². The second-order valence-electron chi connectivity index (χ2n) is 4.45. The van der Waals surface area contributed by atoms with Crippen molar-refractivity contribution < 1.29 is 19.0 Å². The molecule has 0 aliphatic rings. The number of hydrogen-bond donors (Lipinski definition) is 0. The van der Waals surface area contributed by atoms with E-state index in [1.807, 2.05) is 6.92 Å². The largest absolute Gasteiger partial charge is 0.493 e. The smallest absolute Gasteiger partial charge is 0.338 e. The number of rotatable bonds is 6. The molecule has 0 amide bonds. The van der Waals surface area contributed by atoms with Gasteiger partial charge in [0.15, 0.2) is 11.5 Å². The summed E-state index contributed by atoms with van der Waals surface area (Å²) in [6.07, 6.45) is 1.56. The van der Waals surface area contributed by atoms with Crippen molar-refractivity contribution in [3.05, 3.63) is 51.8 Å². The van der Waals surface area contributed by atoms with Gasteiger partial charge in [-0.3, -0.25) is 0 Å². The molecule has 2 rings (SSSR count). The number of benzene rings is 1. The summed E-state index contributed by atoms with van der Waals surface area (Å²) in [4.78, 5) is 16.1. The second-order valence-corrected chi connectivity index (χ2v) is 5.22. The second kappa shape index (κ2) is 8.04. The van der Waals surface area contributed by atoms with Gasteiger partial charge in [0.1, 0.15) is 11.8 Å². The van der Waals surface area contributed by atoms with Crippen LogP contribution in [0.15, 0.2) is 30.5 Å². The van der Waals surface area contributed by atoms with Gasteiger partial charge in [-0.15, -0.1) is 0 Å². The van der Waals surface area contributed by atoms with Gasteiger partial charge in [-0.1, -0.05) is 29.3 Å². The highest BCUT2D eigenvalue weighted by atomic mass is 35.5. The zero-order valence-electron chi connectivity index (χ0n) is 12.6. The fraction of sp³-hybridized carbons (Fsp3) is 0.250. The standard InChI is InChI=1S/C16H15Cl2NO4/c1-3-22-14-12(17)7-11(8-13(14)21-2)16(20)23-9-10-5-4-6-19-15(10)18/h4-8H,3,9H2,1-2H3. The molecule has 1 aromatic carbocycles. The van der Waals surface area contributed by atoms with Crippen LogP contribution in [0.3, 0.4) is 0 Å². The lowest BCUT2D eigenvalue weighted by Gasteiger charge is -2.13. The number of esters is 1. The molecule has 0 saturated carbocycles. The Morgan fingerprint density at radius 1 is 1.30 bits per heavy atom. The fourth-order valence-electron chi connectivity index (χ4n) is 1.88. The Balaban J connectivity index is 2.16. The van der Waals surface area contributed by atoms with Crippen LogP contribution in [0.4, 0.5) is 0 Å². The molecule has 0 atom stereocenters. The molecular formula is C16H15Cl2NO4. The average Bonchev–Trinajstić information content (AvgIpc) is 2.55. The summed E-state index contributed by atoms with van der Waals surface area (Å²) in [5, 5.41) is 0.570. The Kier molecular flexibility index (Phi) is 6.07. The minimum absolute atomic E-state index is 0.0126. The number of hydrogen-bond acceptors (Lipinski definition) is 5. The highest BCUT2D eigenvalue weighted by Gasteiger charge is 2.17. The summed E-state index contributed by atoms with van der Waals surface area (Å²) < 4.78 is 15.8.